The van der Waals surface area contributed by atoms with E-state index in [4.69, 9.17) is 14.6 Å². The van der Waals surface area contributed by atoms with Crippen LogP contribution in [0.4, 0.5) is 4.79 Å². The first-order valence-electron chi connectivity index (χ1n) is 6.16. The molecular weight excluding hydrogens is 314 g/mol. The number of sulfonamides is 1. The van der Waals surface area contributed by atoms with Crippen molar-refractivity contribution in [1.82, 2.24) is 0 Å². The van der Waals surface area contributed by atoms with Crippen molar-refractivity contribution >= 4 is 37.6 Å². The van der Waals surface area contributed by atoms with Gasteiger partial charge in [0, 0.05) is 4.70 Å². The average Bonchev–Trinajstić information content (AvgIpc) is 2.79. The van der Waals surface area contributed by atoms with Crippen molar-refractivity contribution in [3.8, 4) is 5.75 Å². The van der Waals surface area contributed by atoms with Crippen molar-refractivity contribution in [2.24, 2.45) is 11.1 Å². The molecule has 8 heteroatoms. The van der Waals surface area contributed by atoms with Crippen molar-refractivity contribution in [1.29, 1.82) is 0 Å². The van der Waals surface area contributed by atoms with Crippen LogP contribution in [0, 0.1) is 5.92 Å². The zero-order chi connectivity index (χ0) is 15.6. The van der Waals surface area contributed by atoms with Gasteiger partial charge in [0.1, 0.15) is 9.96 Å². The summed E-state index contributed by atoms with van der Waals surface area (Å²) in [7, 11) is -3.73. The quantitative estimate of drug-likeness (QED) is 0.687. The first-order valence-corrected chi connectivity index (χ1v) is 8.53. The fourth-order valence-electron chi connectivity index (χ4n) is 1.55. The number of fused-ring (bicyclic) bond motifs is 1. The lowest BCUT2D eigenvalue weighted by molar-refractivity contribution is 0.0886. The summed E-state index contributed by atoms with van der Waals surface area (Å²) in [4.78, 5) is 11.5. The molecule has 114 valence electrons. The SMILES string of the molecule is CC(C)COC(=O)Oc1ccc2cc(S(N)(=O)=O)sc2c1. The topological polar surface area (TPSA) is 95.7 Å². The largest absolute Gasteiger partial charge is 0.513 e. The minimum Gasteiger partial charge on any atom is -0.434 e. The van der Waals surface area contributed by atoms with E-state index < -0.39 is 16.2 Å². The summed E-state index contributed by atoms with van der Waals surface area (Å²) >= 11 is 1.02. The van der Waals surface area contributed by atoms with Crippen molar-refractivity contribution in [2.45, 2.75) is 18.1 Å². The van der Waals surface area contributed by atoms with Crippen molar-refractivity contribution < 1.29 is 22.7 Å². The monoisotopic (exact) mass is 329 g/mol. The van der Waals surface area contributed by atoms with E-state index in [1.54, 1.807) is 18.2 Å². The number of ether oxygens (including phenoxy) is 2. The van der Waals surface area contributed by atoms with Gasteiger partial charge in [-0.05, 0) is 35.6 Å². The molecule has 0 aliphatic rings. The number of nitrogens with two attached hydrogens (primary N) is 1. The average molecular weight is 329 g/mol. The first-order chi connectivity index (χ1) is 9.75. The molecule has 0 atom stereocenters. The molecule has 0 radical (unpaired) electrons. The molecule has 21 heavy (non-hydrogen) atoms. The molecule has 2 rings (SSSR count). The lowest BCUT2D eigenvalue weighted by Crippen LogP contribution is -2.14. The number of thiophene rings is 1. The lowest BCUT2D eigenvalue weighted by atomic mass is 10.2. The van der Waals surface area contributed by atoms with Crippen LogP contribution in [-0.4, -0.2) is 21.2 Å². The highest BCUT2D eigenvalue weighted by molar-refractivity contribution is 7.91. The van der Waals surface area contributed by atoms with Gasteiger partial charge in [-0.2, -0.15) is 0 Å². The molecule has 1 aromatic heterocycles. The Kier molecular flexibility index (Phi) is 4.50. The molecule has 2 N–H and O–H groups in total. The second-order valence-corrected chi connectivity index (χ2v) is 7.74. The molecule has 1 heterocycles. The fourth-order valence-corrected chi connectivity index (χ4v) is 3.40. The lowest BCUT2D eigenvalue weighted by Gasteiger charge is -2.07. The zero-order valence-corrected chi connectivity index (χ0v) is 13.2. The minimum atomic E-state index is -3.73. The molecule has 0 saturated heterocycles. The Morgan fingerprint density at radius 3 is 2.67 bits per heavy atom. The van der Waals surface area contributed by atoms with Crippen LogP contribution in [0.3, 0.4) is 0 Å². The van der Waals surface area contributed by atoms with Crippen LogP contribution in [0.25, 0.3) is 10.1 Å². The summed E-state index contributed by atoms with van der Waals surface area (Å²) in [6.45, 7) is 4.11. The van der Waals surface area contributed by atoms with Crippen molar-refractivity contribution in [3.63, 3.8) is 0 Å². The number of carbonyl (C=O) groups is 1. The fraction of sp³-hybridized carbons (Fsp3) is 0.308. The molecule has 0 fully saturated rings. The Balaban J connectivity index is 2.17. The van der Waals surface area contributed by atoms with Gasteiger partial charge in [-0.25, -0.2) is 18.4 Å². The van der Waals surface area contributed by atoms with E-state index in [1.807, 2.05) is 13.8 Å². The maximum absolute atomic E-state index is 11.5. The molecule has 6 nitrogen and oxygen atoms in total. The highest BCUT2D eigenvalue weighted by Crippen LogP contribution is 2.31. The van der Waals surface area contributed by atoms with E-state index in [0.29, 0.717) is 15.8 Å². The number of rotatable bonds is 4. The van der Waals surface area contributed by atoms with Gasteiger partial charge in [-0.3, -0.25) is 0 Å². The summed E-state index contributed by atoms with van der Waals surface area (Å²) in [5, 5.41) is 5.80. The van der Waals surface area contributed by atoms with E-state index in [1.165, 1.54) is 6.07 Å². The Hall–Kier alpha value is -1.64. The van der Waals surface area contributed by atoms with E-state index >= 15 is 0 Å². The summed E-state index contributed by atoms with van der Waals surface area (Å²) in [6.07, 6.45) is -0.786. The van der Waals surface area contributed by atoms with Crippen LogP contribution < -0.4 is 9.88 Å². The predicted molar refractivity (Wildman–Crippen MR) is 80.0 cm³/mol. The highest BCUT2D eigenvalue weighted by atomic mass is 32.2. The Bertz CT molecular complexity index is 764. The minimum absolute atomic E-state index is 0.0667. The van der Waals surface area contributed by atoms with Crippen LogP contribution in [0.15, 0.2) is 28.5 Å². The molecule has 0 saturated carbocycles. The summed E-state index contributed by atoms with van der Waals surface area (Å²) < 4.78 is 33.3. The molecule has 0 unspecified atom stereocenters. The third-order valence-corrected chi connectivity index (χ3v) is 5.00. The van der Waals surface area contributed by atoms with Gasteiger partial charge in [0.2, 0.25) is 10.0 Å². The summed E-state index contributed by atoms with van der Waals surface area (Å²) in [5.74, 6) is 0.508. The number of primary sulfonamides is 1. The molecule has 1 aromatic carbocycles. The Morgan fingerprint density at radius 1 is 1.33 bits per heavy atom. The summed E-state index contributed by atoms with van der Waals surface area (Å²) in [5.41, 5.74) is 0. The number of benzene rings is 1. The molecule has 0 amide bonds. The van der Waals surface area contributed by atoms with E-state index in [9.17, 15) is 13.2 Å². The smallest absolute Gasteiger partial charge is 0.434 e. The standard InChI is InChI=1S/C13H15NO5S2/c1-8(2)7-18-13(15)19-10-4-3-9-5-12(21(14,16)17)20-11(9)6-10/h3-6,8H,7H2,1-2H3,(H2,14,16,17). The highest BCUT2D eigenvalue weighted by Gasteiger charge is 2.14. The van der Waals surface area contributed by atoms with Crippen LogP contribution in [0.2, 0.25) is 0 Å². The van der Waals surface area contributed by atoms with Gasteiger partial charge in [0.15, 0.2) is 0 Å². The summed E-state index contributed by atoms with van der Waals surface area (Å²) in [6, 6.07) is 6.28. The second kappa shape index (κ2) is 6.00. The molecule has 0 spiro atoms. The molecular formula is C13H15NO5S2. The van der Waals surface area contributed by atoms with Gasteiger partial charge >= 0.3 is 6.16 Å². The van der Waals surface area contributed by atoms with Crippen LogP contribution in [-0.2, 0) is 14.8 Å². The van der Waals surface area contributed by atoms with E-state index in [0.717, 1.165) is 11.3 Å². The van der Waals surface area contributed by atoms with Gasteiger partial charge in [-0.1, -0.05) is 13.8 Å². The van der Waals surface area contributed by atoms with E-state index in [-0.39, 0.29) is 16.7 Å². The van der Waals surface area contributed by atoms with Gasteiger partial charge in [0.05, 0.1) is 6.61 Å². The third kappa shape index (κ3) is 4.16. The number of hydrogen-bond donors (Lipinski definition) is 1. The van der Waals surface area contributed by atoms with Gasteiger partial charge < -0.3 is 9.47 Å². The number of hydrogen-bond acceptors (Lipinski definition) is 6. The molecule has 0 aliphatic carbocycles. The van der Waals surface area contributed by atoms with Crippen molar-refractivity contribution in [2.75, 3.05) is 6.61 Å². The third-order valence-electron chi connectivity index (χ3n) is 2.49. The van der Waals surface area contributed by atoms with Crippen LogP contribution in [0.5, 0.6) is 5.75 Å². The maximum Gasteiger partial charge on any atom is 0.513 e. The Labute approximate surface area is 126 Å². The van der Waals surface area contributed by atoms with Gasteiger partial charge in [-0.15, -0.1) is 11.3 Å². The Morgan fingerprint density at radius 2 is 2.05 bits per heavy atom. The van der Waals surface area contributed by atoms with Crippen molar-refractivity contribution in [3.05, 3.63) is 24.3 Å². The first kappa shape index (κ1) is 15.7. The predicted octanol–water partition coefficient (Wildman–Crippen LogP) is 2.72. The van der Waals surface area contributed by atoms with Crippen LogP contribution in [0.1, 0.15) is 13.8 Å². The maximum atomic E-state index is 11.5. The number of carbonyl (C=O) groups excluding carboxylic acids is 1. The van der Waals surface area contributed by atoms with Gasteiger partial charge in [0.25, 0.3) is 0 Å². The zero-order valence-electron chi connectivity index (χ0n) is 11.5. The van der Waals surface area contributed by atoms with Crippen LogP contribution >= 0.6 is 11.3 Å². The molecule has 0 aliphatic heterocycles. The molecule has 2 aromatic rings. The second-order valence-electron chi connectivity index (χ2n) is 4.87. The molecule has 0 bridgehead atoms. The normalized spacial score (nSPS) is 11.8. The van der Waals surface area contributed by atoms with E-state index in [2.05, 4.69) is 0 Å².